The fraction of sp³-hybridized carbons (Fsp3) is 0.238. The van der Waals surface area contributed by atoms with Crippen LogP contribution in [0, 0.1) is 13.8 Å². The van der Waals surface area contributed by atoms with Crippen molar-refractivity contribution < 1.29 is 4.74 Å². The lowest BCUT2D eigenvalue weighted by Gasteiger charge is -2.17. The molecule has 0 aromatic heterocycles. The smallest absolute Gasteiger partial charge is 0.249 e. The summed E-state index contributed by atoms with van der Waals surface area (Å²) in [7, 11) is 0. The van der Waals surface area contributed by atoms with Gasteiger partial charge in [-0.3, -0.25) is 9.59 Å². The summed E-state index contributed by atoms with van der Waals surface area (Å²) in [6.07, 6.45) is 1.85. The van der Waals surface area contributed by atoms with E-state index in [1.165, 1.54) is 5.56 Å². The van der Waals surface area contributed by atoms with Gasteiger partial charge < -0.3 is 10.5 Å². The van der Waals surface area contributed by atoms with Crippen LogP contribution in [0.25, 0.3) is 11.1 Å². The maximum Gasteiger partial charge on any atom is 0.249 e. The predicted molar refractivity (Wildman–Crippen MR) is 101 cm³/mol. The Morgan fingerprint density at radius 3 is 2.32 bits per heavy atom. The number of hydrogen-bond acceptors (Lipinski definition) is 4. The highest BCUT2D eigenvalue weighted by Gasteiger charge is 2.23. The van der Waals surface area contributed by atoms with Gasteiger partial charge in [-0.2, -0.15) is 0 Å². The van der Waals surface area contributed by atoms with Crippen LogP contribution in [0.1, 0.15) is 23.1 Å². The third-order valence-electron chi connectivity index (χ3n) is 4.53. The molecule has 3 rings (SSSR count). The van der Waals surface area contributed by atoms with Crippen molar-refractivity contribution in [3.05, 3.63) is 79.6 Å². The predicted octanol–water partition coefficient (Wildman–Crippen LogP) is 3.16. The van der Waals surface area contributed by atoms with E-state index in [2.05, 4.69) is 12.1 Å². The standard InChI is InChI=1S/C21H21NO3/c1-13-10-11-16(25-12-6-9-15-7-4-3-5-8-15)14(2)17(13)18-19(22)21(24)20(18)23/h3-5,7-8,10-11H,6,9,12,22H2,1-2H3. The van der Waals surface area contributed by atoms with E-state index in [1.54, 1.807) is 0 Å². The first-order valence-corrected chi connectivity index (χ1v) is 8.36. The molecule has 3 aromatic carbocycles. The second kappa shape index (κ2) is 6.93. The number of rotatable bonds is 6. The number of ether oxygens (including phenoxy) is 1. The Balaban J connectivity index is 1.74. The van der Waals surface area contributed by atoms with Crippen molar-refractivity contribution in [2.75, 3.05) is 12.3 Å². The summed E-state index contributed by atoms with van der Waals surface area (Å²) in [6, 6.07) is 14.1. The van der Waals surface area contributed by atoms with Crippen LogP contribution in [0.3, 0.4) is 0 Å². The molecule has 0 aliphatic rings. The summed E-state index contributed by atoms with van der Waals surface area (Å²) in [5.41, 5.74) is 8.77. The molecule has 0 aliphatic heterocycles. The van der Waals surface area contributed by atoms with E-state index in [4.69, 9.17) is 10.5 Å². The van der Waals surface area contributed by atoms with E-state index in [-0.39, 0.29) is 5.69 Å². The van der Waals surface area contributed by atoms with Crippen LogP contribution >= 0.6 is 0 Å². The summed E-state index contributed by atoms with van der Waals surface area (Å²) in [5, 5.41) is 0. The molecule has 0 heterocycles. The Labute approximate surface area is 146 Å². The van der Waals surface area contributed by atoms with Crippen LogP contribution < -0.4 is 21.3 Å². The molecule has 0 saturated carbocycles. The van der Waals surface area contributed by atoms with Gasteiger partial charge in [0.25, 0.3) is 0 Å². The second-order valence-corrected chi connectivity index (χ2v) is 6.27. The maximum absolute atomic E-state index is 11.9. The molecule has 0 aliphatic carbocycles. The van der Waals surface area contributed by atoms with Crippen LogP contribution in [0.2, 0.25) is 0 Å². The molecule has 2 N–H and O–H groups in total. The van der Waals surface area contributed by atoms with Gasteiger partial charge in [-0.25, -0.2) is 0 Å². The van der Waals surface area contributed by atoms with E-state index >= 15 is 0 Å². The summed E-state index contributed by atoms with van der Waals surface area (Å²) >= 11 is 0. The van der Waals surface area contributed by atoms with Crippen LogP contribution in [-0.4, -0.2) is 6.61 Å². The molecule has 0 saturated heterocycles. The number of anilines is 1. The zero-order valence-corrected chi connectivity index (χ0v) is 14.5. The lowest BCUT2D eigenvalue weighted by Crippen LogP contribution is -2.36. The first-order chi connectivity index (χ1) is 12.0. The maximum atomic E-state index is 11.9. The fourth-order valence-corrected chi connectivity index (χ4v) is 3.13. The van der Waals surface area contributed by atoms with Crippen molar-refractivity contribution in [1.82, 2.24) is 0 Å². The third kappa shape index (κ3) is 3.20. The van der Waals surface area contributed by atoms with Gasteiger partial charge in [0.1, 0.15) is 5.75 Å². The molecule has 4 nitrogen and oxygen atoms in total. The van der Waals surface area contributed by atoms with Gasteiger partial charge >= 0.3 is 0 Å². The normalized spacial score (nSPS) is 11.0. The number of benzene rings is 2. The molecule has 4 heteroatoms. The minimum Gasteiger partial charge on any atom is -0.493 e. The van der Waals surface area contributed by atoms with E-state index in [9.17, 15) is 9.59 Å². The Morgan fingerprint density at radius 1 is 0.920 bits per heavy atom. The largest absolute Gasteiger partial charge is 0.493 e. The van der Waals surface area contributed by atoms with Gasteiger partial charge in [0, 0.05) is 0 Å². The molecule has 0 amide bonds. The van der Waals surface area contributed by atoms with Crippen LogP contribution in [0.4, 0.5) is 5.69 Å². The lowest BCUT2D eigenvalue weighted by molar-refractivity contribution is 0.309. The highest BCUT2D eigenvalue weighted by atomic mass is 16.5. The summed E-state index contributed by atoms with van der Waals surface area (Å²) in [6.45, 7) is 4.38. The average molecular weight is 335 g/mol. The number of hydrogen-bond donors (Lipinski definition) is 1. The molecular weight excluding hydrogens is 314 g/mol. The SMILES string of the molecule is Cc1ccc(OCCCc2ccccc2)c(C)c1-c1c(N)c(=O)c1=O. The molecule has 0 radical (unpaired) electrons. The Hall–Kier alpha value is -2.88. The van der Waals surface area contributed by atoms with Crippen LogP contribution in [0.5, 0.6) is 5.75 Å². The van der Waals surface area contributed by atoms with Crippen molar-refractivity contribution in [3.63, 3.8) is 0 Å². The van der Waals surface area contributed by atoms with Crippen LogP contribution in [0.15, 0.2) is 52.1 Å². The Bertz CT molecular complexity index is 967. The topological polar surface area (TPSA) is 69.4 Å². The second-order valence-electron chi connectivity index (χ2n) is 6.27. The Morgan fingerprint density at radius 2 is 1.64 bits per heavy atom. The molecule has 128 valence electrons. The lowest BCUT2D eigenvalue weighted by atomic mass is 9.91. The highest BCUT2D eigenvalue weighted by molar-refractivity contribution is 5.85. The van der Waals surface area contributed by atoms with E-state index < -0.39 is 10.9 Å². The third-order valence-corrected chi connectivity index (χ3v) is 4.53. The van der Waals surface area contributed by atoms with Crippen molar-refractivity contribution in [1.29, 1.82) is 0 Å². The summed E-state index contributed by atoms with van der Waals surface area (Å²) in [5.74, 6) is 0.723. The summed E-state index contributed by atoms with van der Waals surface area (Å²) in [4.78, 5) is 23.3. The fourth-order valence-electron chi connectivity index (χ4n) is 3.13. The van der Waals surface area contributed by atoms with Gasteiger partial charge in [0.05, 0.1) is 17.9 Å². The number of nitrogen functional groups attached to an aromatic ring is 1. The average Bonchev–Trinajstić information content (AvgIpc) is 2.63. The molecule has 0 spiro atoms. The first-order valence-electron chi connectivity index (χ1n) is 8.36. The number of aryl methyl sites for hydroxylation is 2. The zero-order chi connectivity index (χ0) is 18.0. The molecule has 25 heavy (non-hydrogen) atoms. The molecule has 0 bridgehead atoms. The Kier molecular flexibility index (Phi) is 4.70. The van der Waals surface area contributed by atoms with Gasteiger partial charge in [0.15, 0.2) is 0 Å². The molecule has 0 atom stereocenters. The molecule has 0 fully saturated rings. The minimum absolute atomic E-state index is 0.0532. The molecular formula is C21H21NO3. The quantitative estimate of drug-likeness (QED) is 0.555. The van der Waals surface area contributed by atoms with Crippen molar-refractivity contribution >= 4 is 5.69 Å². The monoisotopic (exact) mass is 335 g/mol. The van der Waals surface area contributed by atoms with Crippen molar-refractivity contribution in [3.8, 4) is 16.9 Å². The van der Waals surface area contributed by atoms with E-state index in [1.807, 2.05) is 44.2 Å². The van der Waals surface area contributed by atoms with Crippen molar-refractivity contribution in [2.24, 2.45) is 0 Å². The van der Waals surface area contributed by atoms with Crippen molar-refractivity contribution in [2.45, 2.75) is 26.7 Å². The molecule has 0 unspecified atom stereocenters. The van der Waals surface area contributed by atoms with Crippen LogP contribution in [-0.2, 0) is 6.42 Å². The highest BCUT2D eigenvalue weighted by Crippen LogP contribution is 2.34. The van der Waals surface area contributed by atoms with Gasteiger partial charge in [0.2, 0.25) is 10.9 Å². The first kappa shape index (κ1) is 17.0. The van der Waals surface area contributed by atoms with Gasteiger partial charge in [-0.05, 0) is 55.0 Å². The zero-order valence-electron chi connectivity index (χ0n) is 14.5. The van der Waals surface area contributed by atoms with Gasteiger partial charge in [-0.1, -0.05) is 36.4 Å². The van der Waals surface area contributed by atoms with E-state index in [0.717, 1.165) is 35.3 Å². The minimum atomic E-state index is -0.594. The van der Waals surface area contributed by atoms with Gasteiger partial charge in [-0.15, -0.1) is 0 Å². The number of nitrogens with two attached hydrogens (primary N) is 1. The summed E-state index contributed by atoms with van der Waals surface area (Å²) < 4.78 is 5.91. The van der Waals surface area contributed by atoms with E-state index in [0.29, 0.717) is 12.2 Å². The molecule has 3 aromatic rings.